The van der Waals surface area contributed by atoms with Crippen molar-refractivity contribution < 1.29 is 0 Å². The Morgan fingerprint density at radius 3 is 1.78 bits per heavy atom. The molecule has 0 radical (unpaired) electrons. The summed E-state index contributed by atoms with van der Waals surface area (Å²) in [6.45, 7) is 4.62. The minimum atomic E-state index is 0.657. The molecule has 0 spiro atoms. The Hall–Kier alpha value is -0.820. The van der Waals surface area contributed by atoms with E-state index in [1.807, 2.05) is 0 Å². The lowest BCUT2D eigenvalue weighted by atomic mass is 9.78. The third kappa shape index (κ3) is 2.47. The largest absolute Gasteiger partial charge is 0.312 e. The van der Waals surface area contributed by atoms with Gasteiger partial charge < -0.3 is 5.32 Å². The Labute approximate surface area is 111 Å². The van der Waals surface area contributed by atoms with Crippen molar-refractivity contribution in [2.24, 2.45) is 0 Å². The number of hydrogen-bond acceptors (Lipinski definition) is 1. The fourth-order valence-corrected chi connectivity index (χ4v) is 3.63. The lowest BCUT2D eigenvalue weighted by Gasteiger charge is -2.33. The fraction of sp³-hybridized carbons (Fsp3) is 0.647. The van der Waals surface area contributed by atoms with Gasteiger partial charge in [-0.2, -0.15) is 0 Å². The molecule has 2 aliphatic rings. The van der Waals surface area contributed by atoms with Crippen LogP contribution in [0.4, 0.5) is 0 Å². The zero-order valence-electron chi connectivity index (χ0n) is 11.7. The van der Waals surface area contributed by atoms with Gasteiger partial charge in [0.2, 0.25) is 0 Å². The first-order chi connectivity index (χ1) is 8.72. The van der Waals surface area contributed by atoms with Gasteiger partial charge in [0.15, 0.2) is 0 Å². The molecule has 1 nitrogen and oxygen atoms in total. The highest BCUT2D eigenvalue weighted by molar-refractivity contribution is 5.29. The summed E-state index contributed by atoms with van der Waals surface area (Å²) in [5.41, 5.74) is 3.12. The van der Waals surface area contributed by atoms with Crippen LogP contribution in [0.2, 0.25) is 0 Å². The minimum absolute atomic E-state index is 0.657. The van der Waals surface area contributed by atoms with Gasteiger partial charge in [0.05, 0.1) is 0 Å². The molecule has 2 unspecified atom stereocenters. The maximum absolute atomic E-state index is 3.63. The van der Waals surface area contributed by atoms with Crippen LogP contribution in [-0.2, 0) is 0 Å². The Morgan fingerprint density at radius 2 is 1.33 bits per heavy atom. The molecule has 0 aromatic heterocycles. The van der Waals surface area contributed by atoms with E-state index in [9.17, 15) is 0 Å². The van der Waals surface area contributed by atoms with Crippen LogP contribution in [0.25, 0.3) is 0 Å². The second kappa shape index (κ2) is 5.05. The molecule has 1 aliphatic heterocycles. The van der Waals surface area contributed by atoms with Crippen LogP contribution >= 0.6 is 0 Å². The van der Waals surface area contributed by atoms with Crippen LogP contribution in [0.5, 0.6) is 0 Å². The van der Waals surface area contributed by atoms with Crippen LogP contribution in [0.15, 0.2) is 24.3 Å². The number of nitrogens with one attached hydrogen (secondary N) is 1. The van der Waals surface area contributed by atoms with Crippen molar-refractivity contribution in [1.82, 2.24) is 5.32 Å². The van der Waals surface area contributed by atoms with Gasteiger partial charge in [-0.25, -0.2) is 0 Å². The predicted octanol–water partition coefficient (Wildman–Crippen LogP) is 4.20. The standard InChI is InChI=1S/C17H25N/c1-12-10-17(11-13(2)18-12)16-8-6-15(7-9-16)14-4-3-5-14/h6-9,12-14,17-18H,3-5,10-11H2,1-2H3. The topological polar surface area (TPSA) is 12.0 Å². The molecule has 18 heavy (non-hydrogen) atoms. The SMILES string of the molecule is CC1CC(c2ccc(C3CCC3)cc2)CC(C)N1. The summed E-state index contributed by atoms with van der Waals surface area (Å²) in [7, 11) is 0. The van der Waals surface area contributed by atoms with Gasteiger partial charge in [-0.05, 0) is 62.5 Å². The summed E-state index contributed by atoms with van der Waals surface area (Å²) in [5, 5.41) is 3.63. The fourth-order valence-electron chi connectivity index (χ4n) is 3.63. The molecule has 1 heterocycles. The van der Waals surface area contributed by atoms with Gasteiger partial charge in [-0.15, -0.1) is 0 Å². The third-order valence-corrected chi connectivity index (χ3v) is 4.83. The quantitative estimate of drug-likeness (QED) is 0.821. The number of hydrogen-bond donors (Lipinski definition) is 1. The average Bonchev–Trinajstić information content (AvgIpc) is 2.26. The molecule has 1 saturated heterocycles. The van der Waals surface area contributed by atoms with Gasteiger partial charge in [-0.1, -0.05) is 30.7 Å². The number of piperidine rings is 1. The zero-order chi connectivity index (χ0) is 12.5. The molecule has 1 saturated carbocycles. The highest BCUT2D eigenvalue weighted by Gasteiger charge is 2.25. The van der Waals surface area contributed by atoms with E-state index in [2.05, 4.69) is 43.4 Å². The van der Waals surface area contributed by atoms with Crippen LogP contribution in [0.3, 0.4) is 0 Å². The van der Waals surface area contributed by atoms with Crippen molar-refractivity contribution >= 4 is 0 Å². The Balaban J connectivity index is 1.71. The lowest BCUT2D eigenvalue weighted by Crippen LogP contribution is -2.41. The van der Waals surface area contributed by atoms with Crippen LogP contribution in [0, 0.1) is 0 Å². The number of benzene rings is 1. The summed E-state index contributed by atoms with van der Waals surface area (Å²) in [4.78, 5) is 0. The van der Waals surface area contributed by atoms with E-state index in [-0.39, 0.29) is 0 Å². The molecule has 98 valence electrons. The maximum Gasteiger partial charge on any atom is 0.00470 e. The summed E-state index contributed by atoms with van der Waals surface area (Å²) >= 11 is 0. The van der Waals surface area contributed by atoms with E-state index in [0.717, 1.165) is 11.8 Å². The normalized spacial score (nSPS) is 33.1. The second-order valence-electron chi connectivity index (χ2n) is 6.43. The molecule has 0 amide bonds. The van der Waals surface area contributed by atoms with Gasteiger partial charge in [0.25, 0.3) is 0 Å². The Bertz CT molecular complexity index is 381. The highest BCUT2D eigenvalue weighted by Crippen LogP contribution is 2.37. The molecule has 2 fully saturated rings. The lowest BCUT2D eigenvalue weighted by molar-refractivity contribution is 0.317. The van der Waals surface area contributed by atoms with E-state index in [0.29, 0.717) is 12.1 Å². The van der Waals surface area contributed by atoms with Gasteiger partial charge in [-0.3, -0.25) is 0 Å². The first-order valence-electron chi connectivity index (χ1n) is 7.58. The summed E-state index contributed by atoms with van der Waals surface area (Å²) in [5.74, 6) is 1.62. The van der Waals surface area contributed by atoms with Gasteiger partial charge >= 0.3 is 0 Å². The first-order valence-corrected chi connectivity index (χ1v) is 7.58. The van der Waals surface area contributed by atoms with Crippen molar-refractivity contribution in [1.29, 1.82) is 0 Å². The second-order valence-corrected chi connectivity index (χ2v) is 6.43. The Kier molecular flexibility index (Phi) is 3.43. The predicted molar refractivity (Wildman–Crippen MR) is 77.1 cm³/mol. The van der Waals surface area contributed by atoms with Crippen molar-refractivity contribution in [3.05, 3.63) is 35.4 Å². The molecule has 1 heteroatoms. The van der Waals surface area contributed by atoms with E-state index in [1.165, 1.54) is 32.1 Å². The summed E-state index contributed by atoms with van der Waals surface area (Å²) in [6, 6.07) is 10.9. The zero-order valence-corrected chi connectivity index (χ0v) is 11.7. The molecule has 1 N–H and O–H groups in total. The van der Waals surface area contributed by atoms with Gasteiger partial charge in [0, 0.05) is 12.1 Å². The summed E-state index contributed by atoms with van der Waals surface area (Å²) in [6.07, 6.45) is 6.80. The molecule has 1 aliphatic carbocycles. The maximum atomic E-state index is 3.63. The van der Waals surface area contributed by atoms with E-state index in [4.69, 9.17) is 0 Å². The molecule has 3 rings (SSSR count). The summed E-state index contributed by atoms with van der Waals surface area (Å²) < 4.78 is 0. The van der Waals surface area contributed by atoms with Gasteiger partial charge in [0.1, 0.15) is 0 Å². The van der Waals surface area contributed by atoms with Crippen molar-refractivity contribution in [2.45, 2.75) is 69.9 Å². The van der Waals surface area contributed by atoms with Crippen molar-refractivity contribution in [3.63, 3.8) is 0 Å². The molecule has 1 aromatic carbocycles. The van der Waals surface area contributed by atoms with Crippen molar-refractivity contribution in [3.8, 4) is 0 Å². The molecular weight excluding hydrogens is 218 g/mol. The molecule has 0 bridgehead atoms. The molecular formula is C17H25N. The smallest absolute Gasteiger partial charge is 0.00470 e. The van der Waals surface area contributed by atoms with Crippen LogP contribution < -0.4 is 5.32 Å². The van der Waals surface area contributed by atoms with E-state index >= 15 is 0 Å². The average molecular weight is 243 g/mol. The molecule has 1 aromatic rings. The van der Waals surface area contributed by atoms with E-state index < -0.39 is 0 Å². The van der Waals surface area contributed by atoms with Crippen molar-refractivity contribution in [2.75, 3.05) is 0 Å². The number of rotatable bonds is 2. The first kappa shape index (κ1) is 12.2. The Morgan fingerprint density at radius 1 is 0.833 bits per heavy atom. The minimum Gasteiger partial charge on any atom is -0.312 e. The van der Waals surface area contributed by atoms with Crippen LogP contribution in [0.1, 0.15) is 68.9 Å². The van der Waals surface area contributed by atoms with Crippen LogP contribution in [-0.4, -0.2) is 12.1 Å². The third-order valence-electron chi connectivity index (χ3n) is 4.83. The molecule has 2 atom stereocenters. The monoisotopic (exact) mass is 243 g/mol. The highest BCUT2D eigenvalue weighted by atomic mass is 14.9. The van der Waals surface area contributed by atoms with E-state index in [1.54, 1.807) is 11.1 Å².